The van der Waals surface area contributed by atoms with E-state index in [4.69, 9.17) is 22.1 Å². The Morgan fingerprint density at radius 2 is 2.14 bits per heavy atom. The van der Waals surface area contributed by atoms with Crippen LogP contribution in [-0.4, -0.2) is 51.2 Å². The van der Waals surface area contributed by atoms with Gasteiger partial charge in [-0.05, 0) is 37.7 Å². The second-order valence-electron chi connectivity index (χ2n) is 7.71. The van der Waals surface area contributed by atoms with Gasteiger partial charge in [-0.15, -0.1) is 0 Å². The van der Waals surface area contributed by atoms with E-state index in [1.165, 1.54) is 11.8 Å². The van der Waals surface area contributed by atoms with E-state index in [0.29, 0.717) is 27.0 Å². The summed E-state index contributed by atoms with van der Waals surface area (Å²) in [5.41, 5.74) is 6.06. The van der Waals surface area contributed by atoms with E-state index in [9.17, 15) is 4.21 Å². The van der Waals surface area contributed by atoms with Crippen LogP contribution in [0.3, 0.4) is 0 Å². The van der Waals surface area contributed by atoms with Crippen LogP contribution < -0.4 is 10.6 Å². The number of hydrogen-bond acceptors (Lipinski definition) is 8. The van der Waals surface area contributed by atoms with Crippen LogP contribution in [0.15, 0.2) is 33.4 Å². The fraction of sp³-hybridized carbons (Fsp3) is 0.526. The van der Waals surface area contributed by atoms with Gasteiger partial charge in [-0.1, -0.05) is 23.4 Å². The molecule has 2 aliphatic rings. The van der Waals surface area contributed by atoms with Gasteiger partial charge in [0, 0.05) is 30.4 Å². The topological polar surface area (TPSA) is 94.2 Å². The second-order valence-corrected chi connectivity index (χ2v) is 10.4. The van der Waals surface area contributed by atoms with Crippen LogP contribution in [0.2, 0.25) is 5.02 Å². The van der Waals surface area contributed by atoms with Crippen LogP contribution in [-0.2, 0) is 15.5 Å². The number of pyridine rings is 1. The minimum atomic E-state index is -1.26. The number of ether oxygens (including phenoxy) is 1. The summed E-state index contributed by atoms with van der Waals surface area (Å²) >= 11 is 7.57. The van der Waals surface area contributed by atoms with Crippen molar-refractivity contribution in [2.24, 2.45) is 5.41 Å². The van der Waals surface area contributed by atoms with Crippen molar-refractivity contribution in [3.8, 4) is 0 Å². The summed E-state index contributed by atoms with van der Waals surface area (Å²) in [5, 5.41) is 1.51. The van der Waals surface area contributed by atoms with Gasteiger partial charge < -0.3 is 15.4 Å². The number of aromatic nitrogens is 3. The van der Waals surface area contributed by atoms with Crippen molar-refractivity contribution in [2.45, 2.75) is 47.2 Å². The van der Waals surface area contributed by atoms with Gasteiger partial charge in [-0.2, -0.15) is 0 Å². The minimum absolute atomic E-state index is 0.271. The molecule has 0 aliphatic carbocycles. The maximum absolute atomic E-state index is 12.4. The second kappa shape index (κ2) is 8.37. The first-order valence-corrected chi connectivity index (χ1v) is 12.3. The highest BCUT2D eigenvalue weighted by atomic mass is 35.5. The normalized spacial score (nSPS) is 22.2. The molecule has 4 heterocycles. The molecule has 29 heavy (non-hydrogen) atoms. The molecule has 2 atom stereocenters. The number of nitrogen functional groups attached to an aromatic ring is 1. The lowest BCUT2D eigenvalue weighted by Gasteiger charge is -2.39. The third-order valence-corrected chi connectivity index (χ3v) is 7.88. The zero-order chi connectivity index (χ0) is 20.6. The maximum Gasteiger partial charge on any atom is 0.170 e. The summed E-state index contributed by atoms with van der Waals surface area (Å²) in [5.74, 6) is 0.977. The van der Waals surface area contributed by atoms with E-state index in [1.807, 2.05) is 0 Å². The number of rotatable bonds is 4. The molecular weight excluding hydrogens is 430 g/mol. The summed E-state index contributed by atoms with van der Waals surface area (Å²) in [4.78, 5) is 16.2. The average Bonchev–Trinajstić information content (AvgIpc) is 3.06. The number of halogens is 1. The number of anilines is 2. The third kappa shape index (κ3) is 4.38. The highest BCUT2D eigenvalue weighted by molar-refractivity contribution is 7.99. The molecule has 0 radical (unpaired) electrons. The van der Waals surface area contributed by atoms with E-state index in [0.717, 1.165) is 43.9 Å². The van der Waals surface area contributed by atoms with Gasteiger partial charge in [0.25, 0.3) is 0 Å². The molecule has 2 saturated heterocycles. The summed E-state index contributed by atoms with van der Waals surface area (Å²) in [6.45, 7) is 4.72. The molecule has 2 aromatic heterocycles. The third-order valence-electron chi connectivity index (χ3n) is 5.59. The molecule has 156 valence electrons. The standard InChI is InChI=1S/C19H24ClN5O2S2/c1-12-9-19(11-27-12)4-7-25(8-5-19)17-18(29(2)26)24-14(10-23-17)28-13-3-6-22-16(21)15(13)20/h3,6,10,12H,4-5,7-9,11H2,1-2H3,(H2,21,22)/t12-,29?/m0/s1. The van der Waals surface area contributed by atoms with Crippen LogP contribution in [0.25, 0.3) is 0 Å². The van der Waals surface area contributed by atoms with Crippen LogP contribution in [0.1, 0.15) is 26.2 Å². The van der Waals surface area contributed by atoms with Crippen LogP contribution in [0, 0.1) is 5.41 Å². The highest BCUT2D eigenvalue weighted by Crippen LogP contribution is 2.43. The van der Waals surface area contributed by atoms with E-state index in [-0.39, 0.29) is 11.2 Å². The van der Waals surface area contributed by atoms with Crippen molar-refractivity contribution >= 4 is 45.8 Å². The summed E-state index contributed by atoms with van der Waals surface area (Å²) < 4.78 is 18.2. The lowest BCUT2D eigenvalue weighted by molar-refractivity contribution is 0.0975. The molecule has 2 aliphatic heterocycles. The molecule has 2 aromatic rings. The zero-order valence-electron chi connectivity index (χ0n) is 16.4. The van der Waals surface area contributed by atoms with Crippen molar-refractivity contribution in [3.63, 3.8) is 0 Å². The number of nitrogens with two attached hydrogens (primary N) is 1. The van der Waals surface area contributed by atoms with Crippen molar-refractivity contribution in [3.05, 3.63) is 23.5 Å². The molecular formula is C19H24ClN5O2S2. The van der Waals surface area contributed by atoms with E-state index in [2.05, 4.69) is 26.8 Å². The molecule has 0 bridgehead atoms. The molecule has 4 rings (SSSR count). The molecule has 1 spiro atoms. The lowest BCUT2D eigenvalue weighted by atomic mass is 9.77. The van der Waals surface area contributed by atoms with Gasteiger partial charge in [0.1, 0.15) is 10.8 Å². The predicted molar refractivity (Wildman–Crippen MR) is 116 cm³/mol. The van der Waals surface area contributed by atoms with Gasteiger partial charge >= 0.3 is 0 Å². The highest BCUT2D eigenvalue weighted by Gasteiger charge is 2.41. The molecule has 2 fully saturated rings. The number of hydrogen-bond donors (Lipinski definition) is 1. The Morgan fingerprint density at radius 1 is 1.38 bits per heavy atom. The predicted octanol–water partition coefficient (Wildman–Crippen LogP) is 3.39. The van der Waals surface area contributed by atoms with Gasteiger partial charge in [0.15, 0.2) is 10.8 Å². The quantitative estimate of drug-likeness (QED) is 0.752. The summed E-state index contributed by atoms with van der Waals surface area (Å²) in [7, 11) is -1.26. The monoisotopic (exact) mass is 453 g/mol. The Labute approximate surface area is 182 Å². The van der Waals surface area contributed by atoms with Crippen molar-refractivity contribution in [2.75, 3.05) is 36.6 Å². The van der Waals surface area contributed by atoms with Crippen molar-refractivity contribution in [1.29, 1.82) is 0 Å². The Hall–Kier alpha value is -1.42. The summed E-state index contributed by atoms with van der Waals surface area (Å²) in [6, 6.07) is 1.77. The van der Waals surface area contributed by atoms with E-state index in [1.54, 1.807) is 24.7 Å². The van der Waals surface area contributed by atoms with Gasteiger partial charge in [0.05, 0.1) is 34.7 Å². The van der Waals surface area contributed by atoms with Crippen molar-refractivity contribution in [1.82, 2.24) is 15.0 Å². The number of piperidine rings is 1. The Bertz CT molecular complexity index is 937. The molecule has 0 amide bonds. The first-order valence-electron chi connectivity index (χ1n) is 9.52. The van der Waals surface area contributed by atoms with Crippen LogP contribution in [0.5, 0.6) is 0 Å². The molecule has 7 nitrogen and oxygen atoms in total. The number of nitrogens with zero attached hydrogens (tertiary/aromatic N) is 4. The SMILES string of the molecule is C[C@H]1CC2(CCN(c3ncc(Sc4ccnc(N)c4Cl)nc3S(C)=O)CC2)CO1. The zero-order valence-corrected chi connectivity index (χ0v) is 18.8. The van der Waals surface area contributed by atoms with Gasteiger partial charge in [0.2, 0.25) is 0 Å². The molecule has 10 heteroatoms. The first-order chi connectivity index (χ1) is 13.9. The fourth-order valence-electron chi connectivity index (χ4n) is 4.03. The Kier molecular flexibility index (Phi) is 6.02. The molecule has 0 saturated carbocycles. The first kappa shape index (κ1) is 20.8. The fourth-order valence-corrected chi connectivity index (χ4v) is 5.77. The van der Waals surface area contributed by atoms with Crippen molar-refractivity contribution < 1.29 is 8.95 Å². The minimum Gasteiger partial charge on any atom is -0.382 e. The van der Waals surface area contributed by atoms with E-state index < -0.39 is 10.8 Å². The van der Waals surface area contributed by atoms with Crippen LogP contribution >= 0.6 is 23.4 Å². The molecule has 2 N–H and O–H groups in total. The van der Waals surface area contributed by atoms with Gasteiger partial charge in [-0.3, -0.25) is 4.21 Å². The summed E-state index contributed by atoms with van der Waals surface area (Å²) in [6.07, 6.45) is 8.50. The lowest BCUT2D eigenvalue weighted by Crippen LogP contribution is -2.41. The maximum atomic E-state index is 12.4. The van der Waals surface area contributed by atoms with Gasteiger partial charge in [-0.25, -0.2) is 15.0 Å². The average molecular weight is 454 g/mol. The molecule has 1 unspecified atom stereocenters. The molecule has 0 aromatic carbocycles. The Balaban J connectivity index is 1.54. The van der Waals surface area contributed by atoms with E-state index >= 15 is 0 Å². The van der Waals surface area contributed by atoms with Crippen LogP contribution in [0.4, 0.5) is 11.6 Å². The smallest absolute Gasteiger partial charge is 0.170 e. The Morgan fingerprint density at radius 3 is 2.79 bits per heavy atom. The largest absolute Gasteiger partial charge is 0.382 e.